The SMILES string of the molecule is CNC(=O)c1cccc(NC(C(=O)c2c[nH]c3ccccc23)c2ccccc2)c1. The number of carbonyl (C=O) groups is 2. The number of anilines is 1. The van der Waals surface area contributed by atoms with E-state index in [1.807, 2.05) is 60.7 Å². The van der Waals surface area contributed by atoms with E-state index in [2.05, 4.69) is 15.6 Å². The molecule has 0 saturated heterocycles. The molecule has 1 atom stereocenters. The Kier molecular flexibility index (Phi) is 5.12. The van der Waals surface area contributed by atoms with Gasteiger partial charge in [0.15, 0.2) is 5.78 Å². The van der Waals surface area contributed by atoms with Crippen molar-refractivity contribution in [3.05, 3.63) is 102 Å². The predicted molar refractivity (Wildman–Crippen MR) is 115 cm³/mol. The van der Waals surface area contributed by atoms with Crippen LogP contribution >= 0.6 is 0 Å². The molecule has 1 heterocycles. The zero-order chi connectivity index (χ0) is 20.2. The summed E-state index contributed by atoms with van der Waals surface area (Å²) in [6.07, 6.45) is 1.76. The zero-order valence-electron chi connectivity index (χ0n) is 16.0. The third-order valence-electron chi connectivity index (χ3n) is 4.91. The Bertz CT molecular complexity index is 1160. The van der Waals surface area contributed by atoms with Crippen LogP contribution in [0.15, 0.2) is 85.1 Å². The van der Waals surface area contributed by atoms with Crippen molar-refractivity contribution in [3.63, 3.8) is 0 Å². The summed E-state index contributed by atoms with van der Waals surface area (Å²) >= 11 is 0. The fraction of sp³-hybridized carbons (Fsp3) is 0.0833. The molecule has 3 aromatic carbocycles. The molecule has 3 N–H and O–H groups in total. The molecule has 0 bridgehead atoms. The van der Waals surface area contributed by atoms with E-state index in [0.717, 1.165) is 16.5 Å². The number of aromatic nitrogens is 1. The number of Topliss-reactive ketones (excluding diaryl/α,β-unsaturated/α-hetero) is 1. The molecule has 1 amide bonds. The van der Waals surface area contributed by atoms with Gasteiger partial charge in [0.1, 0.15) is 6.04 Å². The van der Waals surface area contributed by atoms with E-state index in [9.17, 15) is 9.59 Å². The standard InChI is InChI=1S/C24H21N3O2/c1-25-24(29)17-10-7-11-18(14-17)27-22(16-8-3-2-4-9-16)23(28)20-15-26-21-13-6-5-12-19(20)21/h2-15,22,26-27H,1H3,(H,25,29). The number of hydrogen-bond acceptors (Lipinski definition) is 3. The van der Waals surface area contributed by atoms with Crippen LogP contribution in [0.25, 0.3) is 10.9 Å². The molecule has 0 radical (unpaired) electrons. The van der Waals surface area contributed by atoms with Crippen molar-refractivity contribution >= 4 is 28.3 Å². The van der Waals surface area contributed by atoms with Crippen LogP contribution in [0.1, 0.15) is 32.3 Å². The van der Waals surface area contributed by atoms with Crippen LogP contribution in [0.3, 0.4) is 0 Å². The fourth-order valence-electron chi connectivity index (χ4n) is 3.44. The van der Waals surface area contributed by atoms with Crippen LogP contribution in [0.2, 0.25) is 0 Å². The summed E-state index contributed by atoms with van der Waals surface area (Å²) in [5.74, 6) is -0.216. The minimum atomic E-state index is -0.588. The molecule has 5 heteroatoms. The molecule has 1 unspecified atom stereocenters. The van der Waals surface area contributed by atoms with Crippen molar-refractivity contribution in [3.8, 4) is 0 Å². The normalized spacial score (nSPS) is 11.8. The van der Waals surface area contributed by atoms with Crippen LogP contribution in [-0.2, 0) is 0 Å². The first-order chi connectivity index (χ1) is 14.2. The third kappa shape index (κ3) is 3.75. The molecule has 0 saturated carbocycles. The summed E-state index contributed by atoms with van der Waals surface area (Å²) in [5.41, 5.74) is 3.64. The second-order valence-electron chi connectivity index (χ2n) is 6.76. The number of benzene rings is 3. The molecule has 1 aromatic heterocycles. The molecular weight excluding hydrogens is 362 g/mol. The van der Waals surface area contributed by atoms with Gasteiger partial charge in [-0.2, -0.15) is 0 Å². The average Bonchev–Trinajstić information content (AvgIpc) is 3.21. The number of aromatic amines is 1. The summed E-state index contributed by atoms with van der Waals surface area (Å²) in [6.45, 7) is 0. The predicted octanol–water partition coefficient (Wildman–Crippen LogP) is 4.56. The van der Waals surface area contributed by atoms with Crippen molar-refractivity contribution in [2.75, 3.05) is 12.4 Å². The summed E-state index contributed by atoms with van der Waals surface area (Å²) in [4.78, 5) is 28.7. The van der Waals surface area contributed by atoms with Gasteiger partial charge in [-0.3, -0.25) is 9.59 Å². The number of amides is 1. The van der Waals surface area contributed by atoms with Gasteiger partial charge in [0.2, 0.25) is 0 Å². The van der Waals surface area contributed by atoms with E-state index < -0.39 is 6.04 Å². The molecule has 5 nitrogen and oxygen atoms in total. The third-order valence-corrected chi connectivity index (χ3v) is 4.91. The van der Waals surface area contributed by atoms with Crippen molar-refractivity contribution in [1.82, 2.24) is 10.3 Å². The van der Waals surface area contributed by atoms with Crippen molar-refractivity contribution in [2.45, 2.75) is 6.04 Å². The lowest BCUT2D eigenvalue weighted by Crippen LogP contribution is -2.22. The zero-order valence-corrected chi connectivity index (χ0v) is 16.0. The molecule has 29 heavy (non-hydrogen) atoms. The Balaban J connectivity index is 1.73. The fourth-order valence-corrected chi connectivity index (χ4v) is 3.44. The largest absolute Gasteiger partial charge is 0.371 e. The Hall–Kier alpha value is -3.86. The Labute approximate surface area is 168 Å². The first-order valence-electron chi connectivity index (χ1n) is 9.41. The topological polar surface area (TPSA) is 74.0 Å². The summed E-state index contributed by atoms with van der Waals surface area (Å²) < 4.78 is 0. The number of ketones is 1. The highest BCUT2D eigenvalue weighted by Crippen LogP contribution is 2.28. The Morgan fingerprint density at radius 2 is 1.66 bits per heavy atom. The number of carbonyl (C=O) groups excluding carboxylic acids is 2. The lowest BCUT2D eigenvalue weighted by Gasteiger charge is -2.19. The van der Waals surface area contributed by atoms with Gasteiger partial charge in [0.05, 0.1) is 0 Å². The molecule has 0 spiro atoms. The summed E-state index contributed by atoms with van der Waals surface area (Å²) in [7, 11) is 1.59. The second kappa shape index (κ2) is 8.02. The molecule has 0 aliphatic carbocycles. The number of H-pyrrole nitrogens is 1. The van der Waals surface area contributed by atoms with E-state index in [0.29, 0.717) is 16.8 Å². The van der Waals surface area contributed by atoms with E-state index in [1.54, 1.807) is 31.4 Å². The van der Waals surface area contributed by atoms with Gasteiger partial charge >= 0.3 is 0 Å². The van der Waals surface area contributed by atoms with Crippen LogP contribution in [0.4, 0.5) is 5.69 Å². The molecule has 0 aliphatic heterocycles. The number of rotatable bonds is 6. The lowest BCUT2D eigenvalue weighted by molar-refractivity contribution is 0.0959. The van der Waals surface area contributed by atoms with Crippen LogP contribution in [0, 0.1) is 0 Å². The average molecular weight is 383 g/mol. The van der Waals surface area contributed by atoms with Crippen molar-refractivity contribution in [1.29, 1.82) is 0 Å². The molecular formula is C24H21N3O2. The maximum Gasteiger partial charge on any atom is 0.251 e. The van der Waals surface area contributed by atoms with E-state index in [1.165, 1.54) is 0 Å². The van der Waals surface area contributed by atoms with Crippen LogP contribution in [-0.4, -0.2) is 23.7 Å². The maximum atomic E-state index is 13.5. The van der Waals surface area contributed by atoms with Gasteiger partial charge in [-0.1, -0.05) is 54.6 Å². The summed E-state index contributed by atoms with van der Waals surface area (Å²) in [6, 6.07) is 23.9. The minimum absolute atomic E-state index is 0.0426. The maximum absolute atomic E-state index is 13.5. The molecule has 0 fully saturated rings. The number of fused-ring (bicyclic) bond motifs is 1. The number of hydrogen-bond donors (Lipinski definition) is 3. The highest BCUT2D eigenvalue weighted by atomic mass is 16.1. The minimum Gasteiger partial charge on any atom is -0.371 e. The van der Waals surface area contributed by atoms with Crippen molar-refractivity contribution in [2.24, 2.45) is 0 Å². The van der Waals surface area contributed by atoms with Gasteiger partial charge in [0.25, 0.3) is 5.91 Å². The number of nitrogens with one attached hydrogen (secondary N) is 3. The monoisotopic (exact) mass is 383 g/mol. The smallest absolute Gasteiger partial charge is 0.251 e. The first-order valence-corrected chi connectivity index (χ1v) is 9.41. The quantitative estimate of drug-likeness (QED) is 0.427. The van der Waals surface area contributed by atoms with Crippen molar-refractivity contribution < 1.29 is 9.59 Å². The van der Waals surface area contributed by atoms with Gasteiger partial charge in [-0.25, -0.2) is 0 Å². The highest BCUT2D eigenvalue weighted by Gasteiger charge is 2.24. The van der Waals surface area contributed by atoms with E-state index >= 15 is 0 Å². The lowest BCUT2D eigenvalue weighted by atomic mass is 9.96. The van der Waals surface area contributed by atoms with Gasteiger partial charge < -0.3 is 15.6 Å². The van der Waals surface area contributed by atoms with Crippen LogP contribution in [0.5, 0.6) is 0 Å². The molecule has 4 aromatic rings. The molecule has 144 valence electrons. The van der Waals surface area contributed by atoms with Gasteiger partial charge in [-0.15, -0.1) is 0 Å². The second-order valence-corrected chi connectivity index (χ2v) is 6.76. The van der Waals surface area contributed by atoms with E-state index in [-0.39, 0.29) is 11.7 Å². The first kappa shape index (κ1) is 18.5. The van der Waals surface area contributed by atoms with Gasteiger partial charge in [-0.05, 0) is 29.8 Å². The van der Waals surface area contributed by atoms with Crippen LogP contribution < -0.4 is 10.6 Å². The highest BCUT2D eigenvalue weighted by molar-refractivity contribution is 6.11. The molecule has 0 aliphatic rings. The molecule has 4 rings (SSSR count). The van der Waals surface area contributed by atoms with Gasteiger partial charge in [0, 0.05) is 41.0 Å². The Morgan fingerprint density at radius 1 is 0.897 bits per heavy atom. The number of para-hydroxylation sites is 1. The summed E-state index contributed by atoms with van der Waals surface area (Å²) in [5, 5.41) is 6.83. The Morgan fingerprint density at radius 3 is 2.45 bits per heavy atom. The van der Waals surface area contributed by atoms with E-state index in [4.69, 9.17) is 0 Å².